The Morgan fingerprint density at radius 2 is 1.66 bits per heavy atom. The monoisotopic (exact) mass is 457 g/mol. The minimum Gasteiger partial charge on any atom is -0.495 e. The van der Waals surface area contributed by atoms with Gasteiger partial charge in [0, 0.05) is 5.56 Å². The van der Waals surface area contributed by atoms with Gasteiger partial charge in [0.15, 0.2) is 0 Å². The summed E-state index contributed by atoms with van der Waals surface area (Å²) in [5.74, 6) is -1.57. The molecule has 32 heavy (non-hydrogen) atoms. The third kappa shape index (κ3) is 5.61. The van der Waals surface area contributed by atoms with E-state index in [4.69, 9.17) is 4.74 Å². The number of hydrazine groups is 1. The lowest BCUT2D eigenvalue weighted by Gasteiger charge is -2.12. The second kappa shape index (κ2) is 9.92. The van der Waals surface area contributed by atoms with Crippen LogP contribution in [0.25, 0.3) is 0 Å². The van der Waals surface area contributed by atoms with Crippen molar-refractivity contribution in [3.05, 3.63) is 89.7 Å². The number of ether oxygens (including phenoxy) is 1. The van der Waals surface area contributed by atoms with Crippen LogP contribution >= 0.6 is 0 Å². The van der Waals surface area contributed by atoms with E-state index < -0.39 is 27.7 Å². The van der Waals surface area contributed by atoms with E-state index in [9.17, 15) is 22.4 Å². The lowest BCUT2D eigenvalue weighted by molar-refractivity contribution is -0.121. The number of amides is 2. The fourth-order valence-corrected chi connectivity index (χ4v) is 3.91. The van der Waals surface area contributed by atoms with E-state index in [1.807, 2.05) is 0 Å². The molecule has 2 amide bonds. The Morgan fingerprint density at radius 1 is 0.938 bits per heavy atom. The molecule has 3 aromatic carbocycles. The molecule has 0 spiro atoms. The van der Waals surface area contributed by atoms with E-state index in [1.54, 1.807) is 24.3 Å². The molecule has 3 N–H and O–H groups in total. The van der Waals surface area contributed by atoms with E-state index in [2.05, 4.69) is 15.6 Å². The number of para-hydroxylation sites is 2. The van der Waals surface area contributed by atoms with Crippen LogP contribution in [0.2, 0.25) is 0 Å². The Bertz CT molecular complexity index is 1250. The fraction of sp³-hybridized carbons (Fsp3) is 0.0909. The van der Waals surface area contributed by atoms with Gasteiger partial charge in [-0.25, -0.2) is 12.8 Å². The second-order valence-corrected chi connectivity index (χ2v) is 8.29. The summed E-state index contributed by atoms with van der Waals surface area (Å²) in [6, 6.07) is 17.5. The minimum absolute atomic E-state index is 0.000840. The smallest absolute Gasteiger partial charge is 0.269 e. The molecule has 0 saturated carbocycles. The van der Waals surface area contributed by atoms with Gasteiger partial charge in [0.2, 0.25) is 5.91 Å². The van der Waals surface area contributed by atoms with Crippen molar-refractivity contribution in [2.24, 2.45) is 0 Å². The summed E-state index contributed by atoms with van der Waals surface area (Å²) in [6.45, 7) is 0. The van der Waals surface area contributed by atoms with Gasteiger partial charge in [0.05, 0.1) is 24.1 Å². The number of benzene rings is 3. The van der Waals surface area contributed by atoms with Crippen LogP contribution in [0.5, 0.6) is 5.75 Å². The van der Waals surface area contributed by atoms with Crippen molar-refractivity contribution in [1.82, 2.24) is 10.9 Å². The van der Waals surface area contributed by atoms with E-state index >= 15 is 0 Å². The normalized spacial score (nSPS) is 10.8. The molecule has 0 radical (unpaired) electrons. The van der Waals surface area contributed by atoms with Crippen molar-refractivity contribution in [3.63, 3.8) is 0 Å². The molecule has 0 aliphatic heterocycles. The van der Waals surface area contributed by atoms with Crippen molar-refractivity contribution in [1.29, 1.82) is 0 Å². The van der Waals surface area contributed by atoms with Gasteiger partial charge >= 0.3 is 0 Å². The lowest BCUT2D eigenvalue weighted by Crippen LogP contribution is -2.42. The number of carbonyl (C=O) groups is 2. The first kappa shape index (κ1) is 22.8. The third-order valence-corrected chi connectivity index (χ3v) is 5.75. The molecule has 0 bridgehead atoms. The van der Waals surface area contributed by atoms with Gasteiger partial charge in [0.25, 0.3) is 15.9 Å². The van der Waals surface area contributed by atoms with Gasteiger partial charge in [-0.1, -0.05) is 36.4 Å². The molecular formula is C22H20FN3O5S. The number of sulfonamides is 1. The van der Waals surface area contributed by atoms with Crippen LogP contribution in [0.15, 0.2) is 77.7 Å². The predicted molar refractivity (Wildman–Crippen MR) is 116 cm³/mol. The van der Waals surface area contributed by atoms with Crippen LogP contribution in [0, 0.1) is 5.82 Å². The van der Waals surface area contributed by atoms with Crippen LogP contribution in [-0.4, -0.2) is 27.3 Å². The summed E-state index contributed by atoms with van der Waals surface area (Å²) in [5, 5.41) is 0. The van der Waals surface area contributed by atoms with Gasteiger partial charge in [0.1, 0.15) is 11.6 Å². The van der Waals surface area contributed by atoms with Crippen molar-refractivity contribution >= 4 is 27.5 Å². The molecule has 0 unspecified atom stereocenters. The fourth-order valence-electron chi connectivity index (χ4n) is 2.79. The highest BCUT2D eigenvalue weighted by Gasteiger charge is 2.18. The lowest BCUT2D eigenvalue weighted by atomic mass is 10.1. The van der Waals surface area contributed by atoms with Crippen LogP contribution in [0.4, 0.5) is 10.1 Å². The Labute approximate surface area is 184 Å². The molecule has 0 heterocycles. The molecule has 0 aromatic heterocycles. The summed E-state index contributed by atoms with van der Waals surface area (Å²) in [7, 11) is -2.60. The number of carbonyl (C=O) groups excluding carboxylic acids is 2. The number of hydrogen-bond donors (Lipinski definition) is 3. The van der Waals surface area contributed by atoms with Gasteiger partial charge in [-0.2, -0.15) is 0 Å². The SMILES string of the molecule is COc1ccccc1NS(=O)(=O)c1cccc(C(=O)NNC(=O)Cc2ccccc2F)c1. The first-order valence-electron chi connectivity index (χ1n) is 9.38. The largest absolute Gasteiger partial charge is 0.495 e. The molecule has 10 heteroatoms. The Kier molecular flexibility index (Phi) is 7.06. The van der Waals surface area contributed by atoms with Crippen LogP contribution in [0.3, 0.4) is 0 Å². The number of anilines is 1. The van der Waals surface area contributed by atoms with E-state index in [0.717, 1.165) is 6.07 Å². The maximum Gasteiger partial charge on any atom is 0.269 e. The van der Waals surface area contributed by atoms with Crippen LogP contribution in [0.1, 0.15) is 15.9 Å². The minimum atomic E-state index is -4.02. The van der Waals surface area contributed by atoms with Crippen molar-refractivity contribution in [2.45, 2.75) is 11.3 Å². The summed E-state index contributed by atoms with van der Waals surface area (Å²) >= 11 is 0. The molecular weight excluding hydrogens is 437 g/mol. The van der Waals surface area contributed by atoms with Crippen molar-refractivity contribution in [3.8, 4) is 5.75 Å². The van der Waals surface area contributed by atoms with E-state index in [0.29, 0.717) is 5.75 Å². The molecule has 8 nitrogen and oxygen atoms in total. The highest BCUT2D eigenvalue weighted by molar-refractivity contribution is 7.92. The Balaban J connectivity index is 1.67. The van der Waals surface area contributed by atoms with Crippen molar-refractivity contribution < 1.29 is 27.1 Å². The van der Waals surface area contributed by atoms with Crippen LogP contribution in [-0.2, 0) is 21.2 Å². The average molecular weight is 457 g/mol. The number of rotatable bonds is 7. The molecule has 3 rings (SSSR count). The molecule has 0 fully saturated rings. The number of halogens is 1. The quantitative estimate of drug-likeness (QED) is 0.472. The first-order valence-corrected chi connectivity index (χ1v) is 10.9. The van der Waals surface area contributed by atoms with E-state index in [1.165, 1.54) is 49.6 Å². The molecule has 0 aliphatic rings. The zero-order valence-electron chi connectivity index (χ0n) is 17.0. The third-order valence-electron chi connectivity index (χ3n) is 4.38. The Morgan fingerprint density at radius 3 is 2.41 bits per heavy atom. The highest BCUT2D eigenvalue weighted by Crippen LogP contribution is 2.26. The summed E-state index contributed by atoms with van der Waals surface area (Å²) in [6.07, 6.45) is -0.274. The molecule has 0 saturated heterocycles. The van der Waals surface area contributed by atoms with Gasteiger partial charge in [-0.15, -0.1) is 0 Å². The zero-order chi connectivity index (χ0) is 23.1. The first-order chi connectivity index (χ1) is 15.3. The molecule has 3 aromatic rings. The summed E-state index contributed by atoms with van der Waals surface area (Å²) < 4.78 is 46.7. The number of nitrogens with one attached hydrogen (secondary N) is 3. The highest BCUT2D eigenvalue weighted by atomic mass is 32.2. The maximum absolute atomic E-state index is 13.6. The number of methoxy groups -OCH3 is 1. The van der Waals surface area contributed by atoms with Gasteiger partial charge in [-0.05, 0) is 42.0 Å². The number of hydrogen-bond acceptors (Lipinski definition) is 5. The topological polar surface area (TPSA) is 114 Å². The average Bonchev–Trinajstić information content (AvgIpc) is 2.79. The van der Waals surface area contributed by atoms with Gasteiger partial charge in [-0.3, -0.25) is 25.2 Å². The molecule has 166 valence electrons. The predicted octanol–water partition coefficient (Wildman–Crippen LogP) is 2.64. The second-order valence-electron chi connectivity index (χ2n) is 6.60. The standard InChI is InChI=1S/C22H20FN3O5S/c1-31-20-12-5-4-11-19(20)26-32(29,30)17-9-6-8-16(13-17)22(28)25-24-21(27)14-15-7-2-3-10-18(15)23/h2-13,26H,14H2,1H3,(H,24,27)(H,25,28). The molecule has 0 aliphatic carbocycles. The van der Waals surface area contributed by atoms with Gasteiger partial charge < -0.3 is 4.74 Å². The summed E-state index contributed by atoms with van der Waals surface area (Å²) in [4.78, 5) is 24.2. The van der Waals surface area contributed by atoms with Crippen molar-refractivity contribution in [2.75, 3.05) is 11.8 Å². The van der Waals surface area contributed by atoms with Crippen LogP contribution < -0.4 is 20.3 Å². The maximum atomic E-state index is 13.6. The van der Waals surface area contributed by atoms with E-state index in [-0.39, 0.29) is 28.1 Å². The summed E-state index contributed by atoms with van der Waals surface area (Å²) in [5.41, 5.74) is 4.79. The Hall–Kier alpha value is -3.92. The zero-order valence-corrected chi connectivity index (χ0v) is 17.8. The molecule has 0 atom stereocenters.